The fraction of sp³-hybridized carbons (Fsp3) is 0.400. The van der Waals surface area contributed by atoms with E-state index in [-0.39, 0.29) is 11.8 Å². The van der Waals surface area contributed by atoms with Gasteiger partial charge < -0.3 is 15.4 Å². The smallest absolute Gasteiger partial charge is 0.329 e. The highest BCUT2D eigenvalue weighted by molar-refractivity contribution is 5.99. The van der Waals surface area contributed by atoms with Crippen molar-refractivity contribution >= 4 is 23.5 Å². The minimum Gasteiger partial charge on any atom is -0.451 e. The first-order valence-electron chi connectivity index (χ1n) is 10.7. The Balaban J connectivity index is 2.02. The van der Waals surface area contributed by atoms with Gasteiger partial charge in [-0.05, 0) is 61.9 Å². The van der Waals surface area contributed by atoms with Gasteiger partial charge in [0.05, 0.1) is 0 Å². The Morgan fingerprint density at radius 2 is 1.61 bits per heavy atom. The van der Waals surface area contributed by atoms with Gasteiger partial charge in [0.25, 0.3) is 11.8 Å². The third-order valence-electron chi connectivity index (χ3n) is 4.98. The molecular weight excluding hydrogens is 392 g/mol. The normalized spacial score (nSPS) is 12.7. The lowest BCUT2D eigenvalue weighted by atomic mass is 10.0. The van der Waals surface area contributed by atoms with E-state index in [9.17, 15) is 14.4 Å². The zero-order valence-electron chi connectivity index (χ0n) is 18.9. The van der Waals surface area contributed by atoms with E-state index in [4.69, 9.17) is 4.74 Å². The number of benzene rings is 2. The van der Waals surface area contributed by atoms with Gasteiger partial charge in [0, 0.05) is 11.3 Å². The van der Waals surface area contributed by atoms with Gasteiger partial charge in [-0.3, -0.25) is 9.59 Å². The van der Waals surface area contributed by atoms with Crippen molar-refractivity contribution < 1.29 is 19.1 Å². The van der Waals surface area contributed by atoms with Crippen molar-refractivity contribution in [1.29, 1.82) is 0 Å². The SMILES string of the molecule is CCc1ccc(NC(=O)[C@H](C)OC(=O)[C@H](CC(C)C)NC(=O)c2ccccc2C)cc1. The molecule has 31 heavy (non-hydrogen) atoms. The first kappa shape index (κ1) is 24.1. The van der Waals surface area contributed by atoms with Crippen LogP contribution in [0.2, 0.25) is 0 Å². The molecule has 0 aliphatic carbocycles. The number of aryl methyl sites for hydroxylation is 2. The quantitative estimate of drug-likeness (QED) is 0.589. The number of carbonyl (C=O) groups excluding carboxylic acids is 3. The summed E-state index contributed by atoms with van der Waals surface area (Å²) < 4.78 is 5.39. The predicted octanol–water partition coefficient (Wildman–Crippen LogP) is 4.27. The molecule has 6 heteroatoms. The maximum absolute atomic E-state index is 12.8. The van der Waals surface area contributed by atoms with E-state index in [0.29, 0.717) is 17.7 Å². The number of carbonyl (C=O) groups is 3. The number of amides is 2. The first-order chi connectivity index (χ1) is 14.7. The van der Waals surface area contributed by atoms with Gasteiger partial charge in [-0.15, -0.1) is 0 Å². The van der Waals surface area contributed by atoms with Crippen LogP contribution in [0.3, 0.4) is 0 Å². The Labute approximate surface area is 184 Å². The number of esters is 1. The van der Waals surface area contributed by atoms with Crippen LogP contribution in [0.5, 0.6) is 0 Å². The molecule has 2 aromatic carbocycles. The maximum atomic E-state index is 12.8. The Kier molecular flexibility index (Phi) is 8.79. The van der Waals surface area contributed by atoms with Gasteiger partial charge in [-0.1, -0.05) is 51.1 Å². The number of nitrogens with one attached hydrogen (secondary N) is 2. The summed E-state index contributed by atoms with van der Waals surface area (Å²) in [4.78, 5) is 37.9. The Morgan fingerprint density at radius 3 is 2.19 bits per heavy atom. The van der Waals surface area contributed by atoms with Crippen LogP contribution in [-0.4, -0.2) is 29.9 Å². The van der Waals surface area contributed by atoms with E-state index in [1.54, 1.807) is 12.1 Å². The molecule has 0 saturated heterocycles. The fourth-order valence-electron chi connectivity index (χ4n) is 3.13. The molecule has 6 nitrogen and oxygen atoms in total. The Bertz CT molecular complexity index is 906. The Morgan fingerprint density at radius 1 is 0.968 bits per heavy atom. The van der Waals surface area contributed by atoms with Gasteiger partial charge >= 0.3 is 5.97 Å². The number of rotatable bonds is 9. The Hall–Kier alpha value is -3.15. The molecule has 0 heterocycles. The van der Waals surface area contributed by atoms with Crippen LogP contribution >= 0.6 is 0 Å². The largest absolute Gasteiger partial charge is 0.451 e. The molecule has 2 rings (SSSR count). The van der Waals surface area contributed by atoms with Crippen molar-refractivity contribution in [3.05, 3.63) is 65.2 Å². The van der Waals surface area contributed by atoms with Crippen molar-refractivity contribution in [2.45, 2.75) is 59.6 Å². The number of ether oxygens (including phenoxy) is 1. The standard InChI is InChI=1S/C25H32N2O4/c1-6-19-11-13-20(14-12-19)26-23(28)18(5)31-25(30)22(15-16(2)3)27-24(29)21-10-8-7-9-17(21)4/h7-14,16,18,22H,6,15H2,1-5H3,(H,26,28)(H,27,29)/t18-,22-/m0/s1. The van der Waals surface area contributed by atoms with Crippen LogP contribution in [0.25, 0.3) is 0 Å². The minimum atomic E-state index is -0.997. The highest BCUT2D eigenvalue weighted by atomic mass is 16.5. The van der Waals surface area contributed by atoms with Crippen molar-refractivity contribution in [2.75, 3.05) is 5.32 Å². The fourth-order valence-corrected chi connectivity index (χ4v) is 3.13. The van der Waals surface area contributed by atoms with E-state index >= 15 is 0 Å². The molecule has 2 amide bonds. The summed E-state index contributed by atoms with van der Waals surface area (Å²) in [6, 6.07) is 13.8. The summed E-state index contributed by atoms with van der Waals surface area (Å²) in [5.74, 6) is -1.24. The third kappa shape index (κ3) is 7.24. The highest BCUT2D eigenvalue weighted by Gasteiger charge is 2.28. The molecule has 0 fully saturated rings. The average Bonchev–Trinajstić information content (AvgIpc) is 2.73. The molecule has 0 aliphatic heterocycles. The molecule has 0 saturated carbocycles. The van der Waals surface area contributed by atoms with Crippen molar-refractivity contribution in [3.8, 4) is 0 Å². The lowest BCUT2D eigenvalue weighted by Crippen LogP contribution is -2.45. The zero-order chi connectivity index (χ0) is 23.0. The molecule has 2 aromatic rings. The van der Waals surface area contributed by atoms with Crippen LogP contribution in [0.15, 0.2) is 48.5 Å². The molecule has 166 valence electrons. The number of hydrogen-bond acceptors (Lipinski definition) is 4. The van der Waals surface area contributed by atoms with E-state index in [2.05, 4.69) is 17.6 Å². The first-order valence-corrected chi connectivity index (χ1v) is 10.7. The maximum Gasteiger partial charge on any atom is 0.329 e. The summed E-state index contributed by atoms with van der Waals surface area (Å²) in [6.45, 7) is 9.32. The van der Waals surface area contributed by atoms with E-state index in [0.717, 1.165) is 12.0 Å². The molecule has 2 atom stereocenters. The van der Waals surface area contributed by atoms with Crippen molar-refractivity contribution in [2.24, 2.45) is 5.92 Å². The van der Waals surface area contributed by atoms with Gasteiger partial charge in [0.1, 0.15) is 6.04 Å². The lowest BCUT2D eigenvalue weighted by Gasteiger charge is -2.22. The molecule has 2 N–H and O–H groups in total. The monoisotopic (exact) mass is 424 g/mol. The van der Waals surface area contributed by atoms with Gasteiger partial charge in [-0.25, -0.2) is 4.79 Å². The molecule has 0 bridgehead atoms. The average molecular weight is 425 g/mol. The predicted molar refractivity (Wildman–Crippen MR) is 122 cm³/mol. The topological polar surface area (TPSA) is 84.5 Å². The van der Waals surface area contributed by atoms with E-state index in [1.165, 1.54) is 12.5 Å². The second-order valence-electron chi connectivity index (χ2n) is 8.09. The van der Waals surface area contributed by atoms with E-state index in [1.807, 2.05) is 57.2 Å². The summed E-state index contributed by atoms with van der Waals surface area (Å²) >= 11 is 0. The summed E-state index contributed by atoms with van der Waals surface area (Å²) in [7, 11) is 0. The van der Waals surface area contributed by atoms with Gasteiger partial charge in [0.2, 0.25) is 0 Å². The van der Waals surface area contributed by atoms with Crippen LogP contribution in [0.1, 0.15) is 55.6 Å². The van der Waals surface area contributed by atoms with Crippen molar-refractivity contribution in [3.63, 3.8) is 0 Å². The zero-order valence-corrected chi connectivity index (χ0v) is 18.9. The van der Waals surface area contributed by atoms with Crippen molar-refractivity contribution in [1.82, 2.24) is 5.32 Å². The number of hydrogen-bond donors (Lipinski definition) is 2. The summed E-state index contributed by atoms with van der Waals surface area (Å²) in [5, 5.41) is 5.52. The summed E-state index contributed by atoms with van der Waals surface area (Å²) in [6.07, 6.45) is 0.320. The molecule has 0 radical (unpaired) electrons. The van der Waals surface area contributed by atoms with Gasteiger partial charge in [0.15, 0.2) is 6.10 Å². The molecule has 0 aliphatic rings. The highest BCUT2D eigenvalue weighted by Crippen LogP contribution is 2.13. The third-order valence-corrected chi connectivity index (χ3v) is 4.98. The van der Waals surface area contributed by atoms with E-state index < -0.39 is 24.0 Å². The molecule has 0 unspecified atom stereocenters. The molecule has 0 spiro atoms. The minimum absolute atomic E-state index is 0.149. The van der Waals surface area contributed by atoms with Crippen LogP contribution in [0.4, 0.5) is 5.69 Å². The number of anilines is 1. The molecule has 0 aromatic heterocycles. The summed E-state index contributed by atoms with van der Waals surface area (Å²) in [5.41, 5.74) is 3.12. The molecular formula is C25H32N2O4. The lowest BCUT2D eigenvalue weighted by molar-refractivity contribution is -0.155. The second-order valence-corrected chi connectivity index (χ2v) is 8.09. The second kappa shape index (κ2) is 11.3. The van der Waals surface area contributed by atoms with Crippen LogP contribution in [-0.2, 0) is 20.7 Å². The van der Waals surface area contributed by atoms with Crippen LogP contribution < -0.4 is 10.6 Å². The van der Waals surface area contributed by atoms with Crippen LogP contribution in [0, 0.1) is 12.8 Å². The van der Waals surface area contributed by atoms with Gasteiger partial charge in [-0.2, -0.15) is 0 Å².